The summed E-state index contributed by atoms with van der Waals surface area (Å²) in [5.74, 6) is 0.843. The predicted octanol–water partition coefficient (Wildman–Crippen LogP) is 1.40. The smallest absolute Gasteiger partial charge is 0.0958 e. The van der Waals surface area contributed by atoms with Crippen LogP contribution in [0.2, 0.25) is 0 Å². The Hall–Kier alpha value is -0.570. The van der Waals surface area contributed by atoms with Crippen LogP contribution in [-0.2, 0) is 0 Å². The molecule has 1 fully saturated rings. The van der Waals surface area contributed by atoms with Crippen molar-refractivity contribution in [3.05, 3.63) is 0 Å². The van der Waals surface area contributed by atoms with Crippen LogP contribution in [-0.4, -0.2) is 48.9 Å². The quantitative estimate of drug-likeness (QED) is 0.529. The van der Waals surface area contributed by atoms with E-state index >= 15 is 0 Å². The lowest BCUT2D eigenvalue weighted by atomic mass is 10.2. The summed E-state index contributed by atoms with van der Waals surface area (Å²) in [6.07, 6.45) is 3.31. The zero-order valence-corrected chi connectivity index (χ0v) is 8.84. The van der Waals surface area contributed by atoms with Crippen molar-refractivity contribution in [1.29, 1.82) is 5.41 Å². The normalized spacial score (nSPS) is 19.1. The van der Waals surface area contributed by atoms with E-state index in [0.717, 1.165) is 44.9 Å². The first-order valence-electron chi connectivity index (χ1n) is 5.25. The molecule has 0 saturated carbocycles. The summed E-state index contributed by atoms with van der Waals surface area (Å²) < 4.78 is 0. The van der Waals surface area contributed by atoms with Gasteiger partial charge in [0.15, 0.2) is 0 Å². The highest BCUT2D eigenvalue weighted by Gasteiger charge is 2.15. The van der Waals surface area contributed by atoms with Crippen molar-refractivity contribution < 1.29 is 0 Å². The highest BCUT2D eigenvalue weighted by Crippen LogP contribution is 2.04. The number of unbranched alkanes of at least 4 members (excludes halogenated alkanes) is 1. The molecule has 1 rings (SSSR count). The third-order valence-corrected chi connectivity index (χ3v) is 2.65. The van der Waals surface area contributed by atoms with E-state index in [2.05, 4.69) is 23.8 Å². The number of nitrogens with one attached hydrogen (secondary N) is 1. The molecular formula is C10H21N3. The monoisotopic (exact) mass is 183 g/mol. The molecule has 76 valence electrons. The second-order valence-corrected chi connectivity index (χ2v) is 3.84. The summed E-state index contributed by atoms with van der Waals surface area (Å²) in [5, 5.41) is 7.86. The highest BCUT2D eigenvalue weighted by atomic mass is 15.3. The Bertz CT molecular complexity index is 160. The van der Waals surface area contributed by atoms with Crippen LogP contribution in [0.15, 0.2) is 0 Å². The van der Waals surface area contributed by atoms with Crippen molar-refractivity contribution in [2.24, 2.45) is 0 Å². The van der Waals surface area contributed by atoms with Gasteiger partial charge in [0, 0.05) is 32.6 Å². The number of likely N-dealkylation sites (N-methyl/N-ethyl adjacent to an activating group) is 1. The minimum atomic E-state index is 0.843. The van der Waals surface area contributed by atoms with Gasteiger partial charge in [0.05, 0.1) is 5.84 Å². The average molecular weight is 183 g/mol. The van der Waals surface area contributed by atoms with Gasteiger partial charge in [-0.1, -0.05) is 13.3 Å². The van der Waals surface area contributed by atoms with Gasteiger partial charge in [0.2, 0.25) is 0 Å². The molecule has 1 saturated heterocycles. The van der Waals surface area contributed by atoms with E-state index in [1.807, 2.05) is 0 Å². The molecule has 1 heterocycles. The first-order valence-corrected chi connectivity index (χ1v) is 5.25. The third kappa shape index (κ3) is 3.35. The number of nitrogens with zero attached hydrogens (tertiary/aromatic N) is 2. The predicted molar refractivity (Wildman–Crippen MR) is 56.3 cm³/mol. The van der Waals surface area contributed by atoms with Crippen LogP contribution in [0, 0.1) is 5.41 Å². The van der Waals surface area contributed by atoms with Crippen molar-refractivity contribution in [3.63, 3.8) is 0 Å². The van der Waals surface area contributed by atoms with Gasteiger partial charge in [-0.3, -0.25) is 5.41 Å². The van der Waals surface area contributed by atoms with Gasteiger partial charge in [-0.25, -0.2) is 0 Å². The molecule has 1 aliphatic rings. The van der Waals surface area contributed by atoms with Gasteiger partial charge < -0.3 is 9.80 Å². The lowest BCUT2D eigenvalue weighted by molar-refractivity contribution is 0.212. The maximum absolute atomic E-state index is 7.86. The van der Waals surface area contributed by atoms with Crippen molar-refractivity contribution in [1.82, 2.24) is 9.80 Å². The summed E-state index contributed by atoms with van der Waals surface area (Å²) in [5.41, 5.74) is 0. The fourth-order valence-corrected chi connectivity index (χ4v) is 1.58. The molecule has 1 N–H and O–H groups in total. The van der Waals surface area contributed by atoms with Crippen molar-refractivity contribution in [2.75, 3.05) is 33.2 Å². The van der Waals surface area contributed by atoms with Crippen LogP contribution in [0.5, 0.6) is 0 Å². The highest BCUT2D eigenvalue weighted by molar-refractivity contribution is 5.79. The molecule has 0 radical (unpaired) electrons. The first-order chi connectivity index (χ1) is 6.24. The Morgan fingerprint density at radius 3 is 2.38 bits per heavy atom. The SMILES string of the molecule is CCCCC(=N)N1CCN(C)CC1. The molecule has 0 aromatic heterocycles. The van der Waals surface area contributed by atoms with E-state index in [4.69, 9.17) is 5.41 Å². The molecular weight excluding hydrogens is 162 g/mol. The molecule has 0 amide bonds. The van der Waals surface area contributed by atoms with E-state index in [1.165, 1.54) is 6.42 Å². The fourth-order valence-electron chi connectivity index (χ4n) is 1.58. The van der Waals surface area contributed by atoms with Crippen LogP contribution < -0.4 is 0 Å². The number of hydrogen-bond acceptors (Lipinski definition) is 2. The lowest BCUT2D eigenvalue weighted by Gasteiger charge is -2.34. The standard InChI is InChI=1S/C10H21N3/c1-3-4-5-10(11)13-8-6-12(2)7-9-13/h11H,3-9H2,1-2H3. The zero-order valence-electron chi connectivity index (χ0n) is 8.84. The van der Waals surface area contributed by atoms with E-state index in [-0.39, 0.29) is 0 Å². The second kappa shape index (κ2) is 5.22. The molecule has 0 atom stereocenters. The molecule has 0 spiro atoms. The summed E-state index contributed by atoms with van der Waals surface area (Å²) in [6.45, 7) is 6.47. The molecule has 3 nitrogen and oxygen atoms in total. The van der Waals surface area contributed by atoms with Crippen molar-refractivity contribution in [2.45, 2.75) is 26.2 Å². The summed E-state index contributed by atoms with van der Waals surface area (Å²) in [7, 11) is 2.15. The van der Waals surface area contributed by atoms with Gasteiger partial charge in [-0.2, -0.15) is 0 Å². The molecule has 0 unspecified atom stereocenters. The molecule has 0 aromatic rings. The van der Waals surface area contributed by atoms with Crippen LogP contribution in [0.3, 0.4) is 0 Å². The number of amidine groups is 1. The van der Waals surface area contributed by atoms with Gasteiger partial charge in [-0.15, -0.1) is 0 Å². The molecule has 0 aliphatic carbocycles. The second-order valence-electron chi connectivity index (χ2n) is 3.84. The molecule has 3 heteroatoms. The van der Waals surface area contributed by atoms with Gasteiger partial charge in [0.25, 0.3) is 0 Å². The summed E-state index contributed by atoms with van der Waals surface area (Å²) in [4.78, 5) is 4.54. The van der Waals surface area contributed by atoms with E-state index < -0.39 is 0 Å². The van der Waals surface area contributed by atoms with E-state index in [0.29, 0.717) is 0 Å². The Kier molecular flexibility index (Phi) is 4.22. The third-order valence-electron chi connectivity index (χ3n) is 2.65. The average Bonchev–Trinajstić information content (AvgIpc) is 2.15. The zero-order chi connectivity index (χ0) is 9.68. The Balaban J connectivity index is 2.23. The topological polar surface area (TPSA) is 30.3 Å². The van der Waals surface area contributed by atoms with Crippen LogP contribution >= 0.6 is 0 Å². The van der Waals surface area contributed by atoms with Crippen LogP contribution in [0.25, 0.3) is 0 Å². The van der Waals surface area contributed by atoms with Gasteiger partial charge in [-0.05, 0) is 13.5 Å². The van der Waals surface area contributed by atoms with Crippen LogP contribution in [0.4, 0.5) is 0 Å². The van der Waals surface area contributed by atoms with Gasteiger partial charge >= 0.3 is 0 Å². The summed E-state index contributed by atoms with van der Waals surface area (Å²) in [6, 6.07) is 0. The number of hydrogen-bond donors (Lipinski definition) is 1. The number of rotatable bonds is 3. The van der Waals surface area contributed by atoms with Crippen molar-refractivity contribution in [3.8, 4) is 0 Å². The van der Waals surface area contributed by atoms with E-state index in [1.54, 1.807) is 0 Å². The molecule has 0 aromatic carbocycles. The van der Waals surface area contributed by atoms with E-state index in [9.17, 15) is 0 Å². The maximum Gasteiger partial charge on any atom is 0.0958 e. The fraction of sp³-hybridized carbons (Fsp3) is 0.900. The molecule has 1 aliphatic heterocycles. The largest absolute Gasteiger partial charge is 0.358 e. The number of piperazine rings is 1. The minimum Gasteiger partial charge on any atom is -0.358 e. The Morgan fingerprint density at radius 2 is 1.85 bits per heavy atom. The van der Waals surface area contributed by atoms with Crippen molar-refractivity contribution >= 4 is 5.84 Å². The van der Waals surface area contributed by atoms with Crippen LogP contribution in [0.1, 0.15) is 26.2 Å². The molecule has 0 bridgehead atoms. The Labute approximate surface area is 81.2 Å². The molecule has 13 heavy (non-hydrogen) atoms. The first kappa shape index (κ1) is 10.5. The lowest BCUT2D eigenvalue weighted by Crippen LogP contribution is -2.46. The van der Waals surface area contributed by atoms with Gasteiger partial charge in [0.1, 0.15) is 0 Å². The maximum atomic E-state index is 7.86. The minimum absolute atomic E-state index is 0.843. The summed E-state index contributed by atoms with van der Waals surface area (Å²) >= 11 is 0. The Morgan fingerprint density at radius 1 is 1.23 bits per heavy atom.